The van der Waals surface area contributed by atoms with Crippen molar-refractivity contribution in [2.45, 2.75) is 25.7 Å². The molecule has 6 heteroatoms. The number of para-hydroxylation sites is 1. The molecule has 20 heavy (non-hydrogen) atoms. The quantitative estimate of drug-likeness (QED) is 0.805. The second-order valence-electron chi connectivity index (χ2n) is 4.77. The average molecular weight is 287 g/mol. The number of hydrogen-bond donors (Lipinski definition) is 2. The van der Waals surface area contributed by atoms with Gasteiger partial charge in [0.2, 0.25) is 0 Å². The summed E-state index contributed by atoms with van der Waals surface area (Å²) in [5.74, 6) is -3.18. The van der Waals surface area contributed by atoms with E-state index in [9.17, 15) is 13.6 Å². The molecule has 1 amide bonds. The molecule has 0 spiro atoms. The third-order valence-electron chi connectivity index (χ3n) is 2.68. The Morgan fingerprint density at radius 2 is 2.05 bits per heavy atom. The molecule has 0 aromatic heterocycles. The van der Waals surface area contributed by atoms with Gasteiger partial charge in [-0.3, -0.25) is 4.79 Å². The number of nitrogens with one attached hydrogen (secondary N) is 1. The van der Waals surface area contributed by atoms with Crippen LogP contribution in [0, 0.1) is 0 Å². The van der Waals surface area contributed by atoms with Gasteiger partial charge in [0.15, 0.2) is 6.61 Å². The van der Waals surface area contributed by atoms with E-state index in [-0.39, 0.29) is 12.5 Å². The van der Waals surface area contributed by atoms with Crippen LogP contribution in [0.15, 0.2) is 24.3 Å². The van der Waals surface area contributed by atoms with Gasteiger partial charge in [0, 0.05) is 0 Å². The molecule has 0 fully saturated rings. The first-order valence-corrected chi connectivity index (χ1v) is 6.33. The molecule has 112 valence electrons. The van der Waals surface area contributed by atoms with E-state index in [0.29, 0.717) is 5.75 Å². The summed E-state index contributed by atoms with van der Waals surface area (Å²) >= 11 is 0. The summed E-state index contributed by atoms with van der Waals surface area (Å²) in [5.41, 5.74) is 0.945. The van der Waals surface area contributed by atoms with E-state index < -0.39 is 25.0 Å². The Morgan fingerprint density at radius 3 is 2.65 bits per heavy atom. The van der Waals surface area contributed by atoms with Crippen molar-refractivity contribution in [3.63, 3.8) is 0 Å². The fourth-order valence-corrected chi connectivity index (χ4v) is 1.57. The minimum absolute atomic E-state index is 0.230. The van der Waals surface area contributed by atoms with Crippen molar-refractivity contribution in [2.75, 3.05) is 19.8 Å². The van der Waals surface area contributed by atoms with Crippen molar-refractivity contribution in [1.82, 2.24) is 5.32 Å². The lowest BCUT2D eigenvalue weighted by molar-refractivity contribution is -0.126. The van der Waals surface area contributed by atoms with E-state index in [1.807, 2.05) is 31.3 Å². The zero-order valence-corrected chi connectivity index (χ0v) is 11.5. The Morgan fingerprint density at radius 1 is 1.40 bits per heavy atom. The minimum atomic E-state index is -3.31. The van der Waals surface area contributed by atoms with Crippen molar-refractivity contribution in [3.05, 3.63) is 29.8 Å². The zero-order chi connectivity index (χ0) is 15.2. The van der Waals surface area contributed by atoms with Gasteiger partial charge in [-0.2, -0.15) is 0 Å². The summed E-state index contributed by atoms with van der Waals surface area (Å²) < 4.78 is 30.8. The lowest BCUT2D eigenvalue weighted by Gasteiger charge is -2.16. The van der Waals surface area contributed by atoms with Crippen LogP contribution in [0.2, 0.25) is 0 Å². The molecule has 0 aliphatic carbocycles. The lowest BCUT2D eigenvalue weighted by atomic mass is 10.0. The van der Waals surface area contributed by atoms with Crippen LogP contribution in [0.5, 0.6) is 5.75 Å². The van der Waals surface area contributed by atoms with Gasteiger partial charge in [-0.15, -0.1) is 0 Å². The van der Waals surface area contributed by atoms with Crippen molar-refractivity contribution in [1.29, 1.82) is 0 Å². The van der Waals surface area contributed by atoms with Crippen molar-refractivity contribution >= 4 is 5.91 Å². The summed E-state index contributed by atoms with van der Waals surface area (Å²) in [4.78, 5) is 11.4. The van der Waals surface area contributed by atoms with Gasteiger partial charge >= 0.3 is 0 Å². The maximum Gasteiger partial charge on any atom is 0.287 e. The minimum Gasteiger partial charge on any atom is -0.483 e. The van der Waals surface area contributed by atoms with Gasteiger partial charge in [-0.25, -0.2) is 8.78 Å². The Bertz CT molecular complexity index is 450. The van der Waals surface area contributed by atoms with Crippen molar-refractivity contribution < 1.29 is 23.4 Å². The predicted octanol–water partition coefficient (Wildman–Crippen LogP) is 1.93. The zero-order valence-electron chi connectivity index (χ0n) is 11.5. The summed E-state index contributed by atoms with van der Waals surface area (Å²) in [6.07, 6.45) is 0. The first-order valence-electron chi connectivity index (χ1n) is 6.33. The van der Waals surface area contributed by atoms with Gasteiger partial charge < -0.3 is 15.2 Å². The highest BCUT2D eigenvalue weighted by molar-refractivity contribution is 5.77. The second kappa shape index (κ2) is 7.19. The molecule has 0 radical (unpaired) electrons. The molecule has 4 nitrogen and oxygen atoms in total. The molecule has 0 unspecified atom stereocenters. The number of amides is 1. The number of aliphatic hydroxyl groups excluding tert-OH is 1. The third-order valence-corrected chi connectivity index (χ3v) is 2.68. The topological polar surface area (TPSA) is 58.6 Å². The van der Waals surface area contributed by atoms with Gasteiger partial charge in [0.1, 0.15) is 12.4 Å². The maximum absolute atomic E-state index is 12.7. The molecule has 0 heterocycles. The van der Waals surface area contributed by atoms with Crippen LogP contribution in [0.1, 0.15) is 25.3 Å². The van der Waals surface area contributed by atoms with E-state index in [0.717, 1.165) is 5.56 Å². The molecule has 1 rings (SSSR count). The summed E-state index contributed by atoms with van der Waals surface area (Å²) in [5, 5.41) is 10.4. The number of carbonyl (C=O) groups excluding carboxylic acids is 1. The standard InChI is InChI=1S/C14H19F2NO3/c1-10(2)11-5-3-4-6-12(11)20-7-13(19)17-8-14(15,16)9-18/h3-6,10,18H,7-9H2,1-2H3,(H,17,19). The van der Waals surface area contributed by atoms with Crippen LogP contribution in [0.4, 0.5) is 8.78 Å². The molecule has 1 aromatic carbocycles. The average Bonchev–Trinajstić information content (AvgIpc) is 2.43. The van der Waals surface area contributed by atoms with E-state index in [4.69, 9.17) is 9.84 Å². The number of benzene rings is 1. The lowest BCUT2D eigenvalue weighted by Crippen LogP contribution is -2.40. The highest BCUT2D eigenvalue weighted by Crippen LogP contribution is 2.25. The number of aliphatic hydroxyl groups is 1. The van der Waals surface area contributed by atoms with E-state index >= 15 is 0 Å². The molecule has 1 aromatic rings. The Kier molecular flexibility index (Phi) is 5.88. The number of carbonyl (C=O) groups is 1. The molecule has 0 bridgehead atoms. The third kappa shape index (κ3) is 5.13. The molecule has 0 atom stereocenters. The Balaban J connectivity index is 2.49. The molecule has 0 aliphatic rings. The maximum atomic E-state index is 12.7. The summed E-state index contributed by atoms with van der Waals surface area (Å²) in [6.45, 7) is 1.43. The van der Waals surface area contributed by atoms with Crippen molar-refractivity contribution in [3.8, 4) is 5.75 Å². The highest BCUT2D eigenvalue weighted by Gasteiger charge is 2.28. The fourth-order valence-electron chi connectivity index (χ4n) is 1.57. The predicted molar refractivity (Wildman–Crippen MR) is 71.1 cm³/mol. The number of alkyl halides is 2. The van der Waals surface area contributed by atoms with E-state index in [1.165, 1.54) is 0 Å². The molecular formula is C14H19F2NO3. The molecule has 0 aliphatic heterocycles. The molecule has 0 saturated carbocycles. The van der Waals surface area contributed by atoms with Crippen LogP contribution in [-0.2, 0) is 4.79 Å². The fraction of sp³-hybridized carbons (Fsp3) is 0.500. The largest absolute Gasteiger partial charge is 0.483 e. The van der Waals surface area contributed by atoms with E-state index in [2.05, 4.69) is 0 Å². The molecular weight excluding hydrogens is 268 g/mol. The number of rotatable bonds is 7. The van der Waals surface area contributed by atoms with E-state index in [1.54, 1.807) is 12.1 Å². The Hall–Kier alpha value is -1.69. The van der Waals surface area contributed by atoms with Crippen LogP contribution in [0.25, 0.3) is 0 Å². The molecule has 2 N–H and O–H groups in total. The Labute approximate surface area is 116 Å². The van der Waals surface area contributed by atoms with Crippen molar-refractivity contribution in [2.24, 2.45) is 0 Å². The second-order valence-corrected chi connectivity index (χ2v) is 4.77. The van der Waals surface area contributed by atoms with Gasteiger partial charge in [0.05, 0.1) is 6.54 Å². The summed E-state index contributed by atoms with van der Waals surface area (Å²) in [7, 11) is 0. The smallest absolute Gasteiger partial charge is 0.287 e. The number of ether oxygens (including phenoxy) is 1. The van der Waals surface area contributed by atoms with Crippen LogP contribution >= 0.6 is 0 Å². The summed E-state index contributed by atoms with van der Waals surface area (Å²) in [6, 6.07) is 7.26. The highest BCUT2D eigenvalue weighted by atomic mass is 19.3. The van der Waals surface area contributed by atoms with Crippen LogP contribution < -0.4 is 10.1 Å². The monoisotopic (exact) mass is 287 g/mol. The van der Waals surface area contributed by atoms with Gasteiger partial charge in [-0.05, 0) is 17.5 Å². The van der Waals surface area contributed by atoms with Gasteiger partial charge in [-0.1, -0.05) is 32.0 Å². The number of halogens is 2. The van der Waals surface area contributed by atoms with Crippen LogP contribution in [0.3, 0.4) is 0 Å². The molecule has 0 saturated heterocycles. The van der Waals surface area contributed by atoms with Gasteiger partial charge in [0.25, 0.3) is 11.8 Å². The SMILES string of the molecule is CC(C)c1ccccc1OCC(=O)NCC(F)(F)CO. The van der Waals surface area contributed by atoms with Crippen LogP contribution in [-0.4, -0.2) is 36.7 Å². The first kappa shape index (κ1) is 16.4. The number of hydrogen-bond acceptors (Lipinski definition) is 3. The normalized spacial score (nSPS) is 11.5. The first-order chi connectivity index (χ1) is 9.35.